The van der Waals surface area contributed by atoms with Crippen LogP contribution in [-0.2, 0) is 0 Å². The van der Waals surface area contributed by atoms with Crippen molar-refractivity contribution in [3.63, 3.8) is 0 Å². The molecule has 58 heavy (non-hydrogen) atoms. The Morgan fingerprint density at radius 1 is 0.224 bits per heavy atom. The van der Waals surface area contributed by atoms with E-state index in [9.17, 15) is 0 Å². The first-order chi connectivity index (χ1) is 28.7. The van der Waals surface area contributed by atoms with Gasteiger partial charge in [-0.1, -0.05) is 152 Å². The van der Waals surface area contributed by atoms with E-state index in [2.05, 4.69) is 182 Å². The van der Waals surface area contributed by atoms with Gasteiger partial charge >= 0.3 is 0 Å². The monoisotopic (exact) mass is 738 g/mol. The standard InChI is InChI=1S/C54H34N4/c1-3-10-35(11-4-1)39-14-8-18-43(29-39)49-26-24-37-20-22-45-31-47(33-55-51(45)53(37)57-49)41-16-7-17-42(28-41)48-32-46-23-21-38-25-27-50(58-54(38)52(46)56-34-48)44-19-9-15-40(30-44)36-12-5-2-6-13-36/h1-34H. The van der Waals surface area contributed by atoms with Crippen molar-refractivity contribution in [1.82, 2.24) is 19.9 Å². The third-order valence-electron chi connectivity index (χ3n) is 11.1. The number of hydrogen-bond acceptors (Lipinski definition) is 4. The van der Waals surface area contributed by atoms with Gasteiger partial charge < -0.3 is 0 Å². The van der Waals surface area contributed by atoms with Crippen molar-refractivity contribution in [2.45, 2.75) is 0 Å². The summed E-state index contributed by atoms with van der Waals surface area (Å²) in [5.41, 5.74) is 16.6. The summed E-state index contributed by atoms with van der Waals surface area (Å²) in [6.45, 7) is 0. The molecule has 7 aromatic carbocycles. The molecule has 0 aliphatic heterocycles. The topological polar surface area (TPSA) is 51.6 Å². The van der Waals surface area contributed by atoms with Gasteiger partial charge in [-0.15, -0.1) is 0 Å². The molecule has 0 spiro atoms. The van der Waals surface area contributed by atoms with Crippen LogP contribution in [0.15, 0.2) is 207 Å². The Hall–Kier alpha value is -7.82. The van der Waals surface area contributed by atoms with Gasteiger partial charge in [-0.3, -0.25) is 9.97 Å². The minimum Gasteiger partial charge on any atom is -0.253 e. The van der Waals surface area contributed by atoms with Crippen LogP contribution in [-0.4, -0.2) is 19.9 Å². The number of nitrogens with zero attached hydrogens (tertiary/aromatic N) is 4. The van der Waals surface area contributed by atoms with E-state index in [0.29, 0.717) is 0 Å². The van der Waals surface area contributed by atoms with E-state index in [1.165, 1.54) is 22.3 Å². The molecule has 4 heterocycles. The third kappa shape index (κ3) is 6.14. The fourth-order valence-corrected chi connectivity index (χ4v) is 8.05. The van der Waals surface area contributed by atoms with Gasteiger partial charge in [-0.25, -0.2) is 9.97 Å². The molecule has 0 aliphatic rings. The molecule has 11 rings (SSSR count). The minimum atomic E-state index is 0.894. The average molecular weight is 739 g/mol. The summed E-state index contributed by atoms with van der Waals surface area (Å²) < 4.78 is 0. The van der Waals surface area contributed by atoms with Crippen LogP contribution < -0.4 is 0 Å². The highest BCUT2D eigenvalue weighted by atomic mass is 14.8. The van der Waals surface area contributed by atoms with E-state index in [1.807, 2.05) is 24.5 Å². The molecule has 0 radical (unpaired) electrons. The molecular formula is C54H34N4. The molecule has 0 unspecified atom stereocenters. The second-order valence-electron chi connectivity index (χ2n) is 14.7. The van der Waals surface area contributed by atoms with Crippen molar-refractivity contribution >= 4 is 43.6 Å². The van der Waals surface area contributed by atoms with E-state index in [1.54, 1.807) is 0 Å². The molecule has 4 nitrogen and oxygen atoms in total. The predicted octanol–water partition coefficient (Wildman–Crippen LogP) is 13.9. The van der Waals surface area contributed by atoms with Crippen LogP contribution in [0.2, 0.25) is 0 Å². The lowest BCUT2D eigenvalue weighted by atomic mass is 9.98. The van der Waals surface area contributed by atoms with Gasteiger partial charge in [0.1, 0.15) is 0 Å². The van der Waals surface area contributed by atoms with E-state index < -0.39 is 0 Å². The maximum atomic E-state index is 5.17. The minimum absolute atomic E-state index is 0.894. The zero-order valence-electron chi connectivity index (χ0n) is 31.4. The first-order valence-corrected chi connectivity index (χ1v) is 19.5. The summed E-state index contributed by atoms with van der Waals surface area (Å²) in [6, 6.07) is 68.2. The van der Waals surface area contributed by atoms with Gasteiger partial charge in [0.2, 0.25) is 0 Å². The number of rotatable bonds is 6. The first kappa shape index (κ1) is 33.5. The fourth-order valence-electron chi connectivity index (χ4n) is 8.05. The molecule has 4 aromatic heterocycles. The maximum absolute atomic E-state index is 5.17. The highest BCUT2D eigenvalue weighted by Gasteiger charge is 2.12. The number of benzene rings is 7. The smallest absolute Gasteiger partial charge is 0.0972 e. The van der Waals surface area contributed by atoms with Crippen LogP contribution in [0.3, 0.4) is 0 Å². The predicted molar refractivity (Wildman–Crippen MR) is 240 cm³/mol. The summed E-state index contributed by atoms with van der Waals surface area (Å²) in [5, 5.41) is 4.24. The van der Waals surface area contributed by atoms with E-state index >= 15 is 0 Å². The largest absolute Gasteiger partial charge is 0.253 e. The normalized spacial score (nSPS) is 11.4. The summed E-state index contributed by atoms with van der Waals surface area (Å²) >= 11 is 0. The Morgan fingerprint density at radius 2 is 0.569 bits per heavy atom. The van der Waals surface area contributed by atoms with Gasteiger partial charge in [0, 0.05) is 56.2 Å². The van der Waals surface area contributed by atoms with Crippen molar-refractivity contribution in [2.75, 3.05) is 0 Å². The zero-order valence-corrected chi connectivity index (χ0v) is 31.4. The van der Waals surface area contributed by atoms with Crippen molar-refractivity contribution < 1.29 is 0 Å². The molecule has 0 fully saturated rings. The number of pyridine rings is 4. The number of hydrogen-bond donors (Lipinski definition) is 0. The molecule has 0 bridgehead atoms. The zero-order chi connectivity index (χ0) is 38.4. The molecule has 0 aliphatic carbocycles. The summed E-state index contributed by atoms with van der Waals surface area (Å²) in [6.07, 6.45) is 3.93. The van der Waals surface area contributed by atoms with Crippen molar-refractivity contribution in [2.24, 2.45) is 0 Å². The quantitative estimate of drug-likeness (QED) is 0.159. The summed E-state index contributed by atoms with van der Waals surface area (Å²) in [7, 11) is 0. The van der Waals surface area contributed by atoms with E-state index in [-0.39, 0.29) is 0 Å². The summed E-state index contributed by atoms with van der Waals surface area (Å²) in [5.74, 6) is 0. The molecule has 11 aromatic rings. The Balaban J connectivity index is 0.912. The highest BCUT2D eigenvalue weighted by Crippen LogP contribution is 2.34. The molecule has 4 heteroatoms. The Kier molecular flexibility index (Phi) is 8.11. The van der Waals surface area contributed by atoms with Crippen LogP contribution in [0.5, 0.6) is 0 Å². The van der Waals surface area contributed by atoms with Crippen LogP contribution in [0.25, 0.3) is 111 Å². The Morgan fingerprint density at radius 3 is 1.02 bits per heavy atom. The van der Waals surface area contributed by atoms with Crippen molar-refractivity contribution in [3.8, 4) is 67.0 Å². The summed E-state index contributed by atoms with van der Waals surface area (Å²) in [4.78, 5) is 20.4. The third-order valence-corrected chi connectivity index (χ3v) is 11.1. The van der Waals surface area contributed by atoms with E-state index in [4.69, 9.17) is 19.9 Å². The van der Waals surface area contributed by atoms with Gasteiger partial charge in [0.25, 0.3) is 0 Å². The Bertz CT molecular complexity index is 3120. The second-order valence-corrected chi connectivity index (χ2v) is 14.7. The molecule has 0 saturated heterocycles. The number of aromatic nitrogens is 4. The lowest BCUT2D eigenvalue weighted by Crippen LogP contribution is -1.91. The van der Waals surface area contributed by atoms with Gasteiger partial charge in [0.05, 0.1) is 33.5 Å². The maximum Gasteiger partial charge on any atom is 0.0972 e. The SMILES string of the molecule is c1ccc(-c2cccc(-c3ccc4ccc5cc(-c6cccc(-c7cnc8c(ccc9ccc(-c%10cccc(-c%11ccccc%11)c%10)nc98)c7)c6)cnc5c4n3)c2)cc1. The Labute approximate surface area is 335 Å². The van der Waals surface area contributed by atoms with Crippen LogP contribution in [0, 0.1) is 0 Å². The molecule has 270 valence electrons. The van der Waals surface area contributed by atoms with Gasteiger partial charge in [-0.05, 0) is 75.8 Å². The van der Waals surface area contributed by atoms with Crippen LogP contribution >= 0.6 is 0 Å². The molecule has 0 N–H and O–H groups in total. The average Bonchev–Trinajstić information content (AvgIpc) is 3.31. The van der Waals surface area contributed by atoms with Crippen LogP contribution in [0.4, 0.5) is 0 Å². The first-order valence-electron chi connectivity index (χ1n) is 19.5. The lowest BCUT2D eigenvalue weighted by molar-refractivity contribution is 1.36. The highest BCUT2D eigenvalue weighted by molar-refractivity contribution is 6.06. The second kappa shape index (κ2) is 14.0. The van der Waals surface area contributed by atoms with Crippen molar-refractivity contribution in [3.05, 3.63) is 207 Å². The number of fused-ring (bicyclic) bond motifs is 6. The van der Waals surface area contributed by atoms with Crippen LogP contribution in [0.1, 0.15) is 0 Å². The molecule has 0 amide bonds. The fraction of sp³-hybridized carbons (Fsp3) is 0. The van der Waals surface area contributed by atoms with Gasteiger partial charge in [0.15, 0.2) is 0 Å². The molecule has 0 atom stereocenters. The van der Waals surface area contributed by atoms with Gasteiger partial charge in [-0.2, -0.15) is 0 Å². The molecular weight excluding hydrogens is 705 g/mol. The lowest BCUT2D eigenvalue weighted by Gasteiger charge is -2.11. The van der Waals surface area contributed by atoms with E-state index in [0.717, 1.165) is 88.4 Å². The molecule has 0 saturated carbocycles. The van der Waals surface area contributed by atoms with Crippen molar-refractivity contribution in [1.29, 1.82) is 0 Å².